The molecule has 0 amide bonds. The summed E-state index contributed by atoms with van der Waals surface area (Å²) in [5.74, 6) is 0. The van der Waals surface area contributed by atoms with E-state index < -0.39 is 0 Å². The number of rotatable bonds is 6. The van der Waals surface area contributed by atoms with E-state index in [-0.39, 0.29) is 0 Å². The van der Waals surface area contributed by atoms with Gasteiger partial charge in [0.05, 0.1) is 0 Å². The number of likely N-dealkylation sites (N-methyl/N-ethyl adjacent to an activating group) is 1. The summed E-state index contributed by atoms with van der Waals surface area (Å²) in [6.07, 6.45) is 1.22. The lowest BCUT2D eigenvalue weighted by atomic mass is 10.3. The predicted octanol–water partition coefficient (Wildman–Crippen LogP) is 3.20. The van der Waals surface area contributed by atoms with Crippen LogP contribution in [0.2, 0.25) is 0 Å². The van der Waals surface area contributed by atoms with Crippen molar-refractivity contribution in [3.8, 4) is 0 Å². The van der Waals surface area contributed by atoms with Crippen LogP contribution in [0.3, 0.4) is 0 Å². The Balaban J connectivity index is 2.22. The van der Waals surface area contributed by atoms with Gasteiger partial charge < -0.3 is 10.2 Å². The van der Waals surface area contributed by atoms with Crippen LogP contribution in [0.15, 0.2) is 28.7 Å². The van der Waals surface area contributed by atoms with Crippen molar-refractivity contribution < 1.29 is 0 Å². The van der Waals surface area contributed by atoms with Crippen molar-refractivity contribution in [2.75, 3.05) is 32.0 Å². The largest absolute Gasteiger partial charge is 0.384 e. The van der Waals surface area contributed by atoms with E-state index in [0.717, 1.165) is 17.6 Å². The second-order valence-corrected chi connectivity index (χ2v) is 4.65. The summed E-state index contributed by atoms with van der Waals surface area (Å²) in [6.45, 7) is 5.46. The highest BCUT2D eigenvalue weighted by molar-refractivity contribution is 9.10. The number of nitrogens with zero attached hydrogens (tertiary/aromatic N) is 1. The molecule has 0 unspecified atom stereocenters. The van der Waals surface area contributed by atoms with E-state index in [4.69, 9.17) is 0 Å². The molecule has 0 bridgehead atoms. The number of anilines is 1. The fourth-order valence-electron chi connectivity index (χ4n) is 1.45. The maximum Gasteiger partial charge on any atom is 0.0341 e. The Morgan fingerprint density at radius 2 is 1.87 bits per heavy atom. The number of hydrogen-bond donors (Lipinski definition) is 1. The highest BCUT2D eigenvalue weighted by Crippen LogP contribution is 2.13. The first-order valence-corrected chi connectivity index (χ1v) is 6.19. The molecular formula is C12H19BrN2. The van der Waals surface area contributed by atoms with Crippen LogP contribution < -0.4 is 5.32 Å². The van der Waals surface area contributed by atoms with Crippen molar-refractivity contribution in [2.24, 2.45) is 0 Å². The molecule has 0 radical (unpaired) electrons. The minimum atomic E-state index is 0.998. The van der Waals surface area contributed by atoms with Gasteiger partial charge in [0.15, 0.2) is 0 Å². The molecule has 1 aromatic carbocycles. The Labute approximate surface area is 101 Å². The van der Waals surface area contributed by atoms with Gasteiger partial charge in [-0.1, -0.05) is 22.9 Å². The van der Waals surface area contributed by atoms with Gasteiger partial charge in [-0.3, -0.25) is 0 Å². The quantitative estimate of drug-likeness (QED) is 0.854. The maximum absolute atomic E-state index is 3.42. The first kappa shape index (κ1) is 12.5. The summed E-state index contributed by atoms with van der Waals surface area (Å²) in [5.41, 5.74) is 1.18. The molecule has 15 heavy (non-hydrogen) atoms. The van der Waals surface area contributed by atoms with Gasteiger partial charge in [0.2, 0.25) is 0 Å². The predicted molar refractivity (Wildman–Crippen MR) is 70.4 cm³/mol. The molecule has 0 spiro atoms. The van der Waals surface area contributed by atoms with Crippen LogP contribution in [0.4, 0.5) is 5.69 Å². The van der Waals surface area contributed by atoms with E-state index in [1.807, 2.05) is 0 Å². The number of halogens is 1. The second kappa shape index (κ2) is 6.85. The molecule has 0 atom stereocenters. The third-order valence-corrected chi connectivity index (χ3v) is 2.80. The Bertz CT molecular complexity index is 271. The van der Waals surface area contributed by atoms with E-state index in [2.05, 4.69) is 64.4 Å². The van der Waals surface area contributed by atoms with Crippen LogP contribution in [0.1, 0.15) is 13.3 Å². The van der Waals surface area contributed by atoms with Gasteiger partial charge in [-0.05, 0) is 44.3 Å². The van der Waals surface area contributed by atoms with Crippen molar-refractivity contribution in [3.05, 3.63) is 28.7 Å². The highest BCUT2D eigenvalue weighted by Gasteiger charge is 1.96. The maximum atomic E-state index is 3.42. The van der Waals surface area contributed by atoms with Crippen LogP contribution in [-0.2, 0) is 0 Å². The molecule has 0 aliphatic heterocycles. The summed E-state index contributed by atoms with van der Waals surface area (Å²) in [7, 11) is 2.16. The Kier molecular flexibility index (Phi) is 5.73. The van der Waals surface area contributed by atoms with E-state index in [9.17, 15) is 0 Å². The number of hydrogen-bond acceptors (Lipinski definition) is 2. The summed E-state index contributed by atoms with van der Waals surface area (Å²) >= 11 is 3.42. The van der Waals surface area contributed by atoms with Gasteiger partial charge in [0.25, 0.3) is 0 Å². The average Bonchev–Trinajstić information content (AvgIpc) is 2.21. The van der Waals surface area contributed by atoms with E-state index in [1.165, 1.54) is 18.7 Å². The van der Waals surface area contributed by atoms with Gasteiger partial charge in [0.1, 0.15) is 0 Å². The fraction of sp³-hybridized carbons (Fsp3) is 0.500. The Morgan fingerprint density at radius 1 is 1.20 bits per heavy atom. The molecule has 0 aromatic heterocycles. The van der Waals surface area contributed by atoms with Crippen LogP contribution in [0.25, 0.3) is 0 Å². The lowest BCUT2D eigenvalue weighted by Crippen LogP contribution is -2.25. The molecule has 84 valence electrons. The summed E-state index contributed by atoms with van der Waals surface area (Å²) in [4.78, 5) is 2.34. The first-order valence-electron chi connectivity index (χ1n) is 5.40. The van der Waals surface area contributed by atoms with Gasteiger partial charge in [0, 0.05) is 23.2 Å². The van der Waals surface area contributed by atoms with E-state index >= 15 is 0 Å². The van der Waals surface area contributed by atoms with Crippen molar-refractivity contribution in [2.45, 2.75) is 13.3 Å². The van der Waals surface area contributed by atoms with Crippen molar-refractivity contribution >= 4 is 21.6 Å². The zero-order valence-electron chi connectivity index (χ0n) is 9.46. The number of benzene rings is 1. The molecule has 1 N–H and O–H groups in total. The molecule has 2 nitrogen and oxygen atoms in total. The summed E-state index contributed by atoms with van der Waals surface area (Å²) in [6, 6.07) is 8.28. The van der Waals surface area contributed by atoms with E-state index in [1.54, 1.807) is 0 Å². The van der Waals surface area contributed by atoms with Crippen molar-refractivity contribution in [3.63, 3.8) is 0 Å². The Hall–Kier alpha value is -0.540. The lowest BCUT2D eigenvalue weighted by molar-refractivity contribution is 0.348. The molecule has 0 saturated carbocycles. The van der Waals surface area contributed by atoms with Gasteiger partial charge >= 0.3 is 0 Å². The number of nitrogens with one attached hydrogen (secondary N) is 1. The molecule has 0 aliphatic rings. The average molecular weight is 271 g/mol. The second-order valence-electron chi connectivity index (χ2n) is 3.74. The van der Waals surface area contributed by atoms with Gasteiger partial charge in [-0.15, -0.1) is 0 Å². The molecule has 1 aromatic rings. The molecule has 0 aliphatic carbocycles. The zero-order valence-corrected chi connectivity index (χ0v) is 11.0. The minimum absolute atomic E-state index is 0.998. The molecule has 1 rings (SSSR count). The minimum Gasteiger partial charge on any atom is -0.384 e. The summed E-state index contributed by atoms with van der Waals surface area (Å²) in [5, 5.41) is 3.40. The molecule has 0 saturated heterocycles. The normalized spacial score (nSPS) is 10.7. The summed E-state index contributed by atoms with van der Waals surface area (Å²) < 4.78 is 1.12. The van der Waals surface area contributed by atoms with Gasteiger partial charge in [-0.25, -0.2) is 0 Å². The standard InChI is InChI=1S/C12H19BrN2/c1-3-9-15(2)10-8-14-12-6-4-11(13)5-7-12/h4-7,14H,3,8-10H2,1-2H3. The lowest BCUT2D eigenvalue weighted by Gasteiger charge is -2.16. The van der Waals surface area contributed by atoms with Crippen LogP contribution in [0.5, 0.6) is 0 Å². The first-order chi connectivity index (χ1) is 7.22. The van der Waals surface area contributed by atoms with Crippen LogP contribution in [-0.4, -0.2) is 31.6 Å². The highest BCUT2D eigenvalue weighted by atomic mass is 79.9. The van der Waals surface area contributed by atoms with Gasteiger partial charge in [-0.2, -0.15) is 0 Å². The van der Waals surface area contributed by atoms with E-state index in [0.29, 0.717) is 0 Å². The van der Waals surface area contributed by atoms with Crippen molar-refractivity contribution in [1.82, 2.24) is 4.90 Å². The fourth-order valence-corrected chi connectivity index (χ4v) is 1.72. The molecule has 0 fully saturated rings. The molecular weight excluding hydrogens is 252 g/mol. The Morgan fingerprint density at radius 3 is 2.47 bits per heavy atom. The van der Waals surface area contributed by atoms with Crippen molar-refractivity contribution in [1.29, 1.82) is 0 Å². The molecule has 0 heterocycles. The monoisotopic (exact) mass is 270 g/mol. The topological polar surface area (TPSA) is 15.3 Å². The zero-order chi connectivity index (χ0) is 11.1. The third kappa shape index (κ3) is 5.19. The third-order valence-electron chi connectivity index (χ3n) is 2.27. The smallest absolute Gasteiger partial charge is 0.0341 e. The van der Waals surface area contributed by atoms with Crippen LogP contribution in [0, 0.1) is 0 Å². The van der Waals surface area contributed by atoms with Crippen LogP contribution >= 0.6 is 15.9 Å². The molecule has 3 heteroatoms. The SMILES string of the molecule is CCCN(C)CCNc1ccc(Br)cc1.